The third-order valence-electron chi connectivity index (χ3n) is 2.84. The largest absolute Gasteiger partial charge is 0.395 e. The summed E-state index contributed by atoms with van der Waals surface area (Å²) in [6.07, 6.45) is 0.628. The molecule has 0 aliphatic rings. The lowest BCUT2D eigenvalue weighted by atomic mass is 9.75. The van der Waals surface area contributed by atoms with Crippen molar-refractivity contribution >= 4 is 0 Å². The Kier molecular flexibility index (Phi) is 4.44. The highest BCUT2D eigenvalue weighted by molar-refractivity contribution is 5.26. The van der Waals surface area contributed by atoms with E-state index in [9.17, 15) is 14.6 Å². The summed E-state index contributed by atoms with van der Waals surface area (Å²) in [5.74, 6) is -0.0184. The van der Waals surface area contributed by atoms with Crippen LogP contribution in [0.25, 0.3) is 0 Å². The number of benzene rings is 1. The van der Waals surface area contributed by atoms with E-state index in [1.54, 1.807) is 12.1 Å². The molecule has 0 bridgehead atoms. The first kappa shape index (κ1) is 13.1. The van der Waals surface area contributed by atoms with Crippen LogP contribution in [0.3, 0.4) is 0 Å². The number of rotatable bonds is 5. The van der Waals surface area contributed by atoms with Gasteiger partial charge in [-0.2, -0.15) is 0 Å². The Balaban J connectivity index is 3.09. The van der Waals surface area contributed by atoms with E-state index in [2.05, 4.69) is 0 Å². The van der Waals surface area contributed by atoms with Gasteiger partial charge in [0.15, 0.2) is 0 Å². The molecule has 1 aromatic rings. The first-order valence-corrected chi connectivity index (χ1v) is 5.52. The monoisotopic (exact) mass is 226 g/mol. The molecule has 0 heterocycles. The van der Waals surface area contributed by atoms with Crippen molar-refractivity contribution in [3.63, 3.8) is 0 Å². The Bertz CT molecular complexity index is 332. The van der Waals surface area contributed by atoms with Crippen LogP contribution in [0, 0.1) is 11.7 Å². The van der Waals surface area contributed by atoms with Gasteiger partial charge in [0.25, 0.3) is 0 Å². The standard InChI is InChI=1S/C13H19FO2/c1-10(2)7-13(8-15,9-16)11-4-3-5-12(14)6-11/h3-6,10,15-16H,7-9H2,1-2H3. The molecule has 90 valence electrons. The first-order chi connectivity index (χ1) is 7.54. The van der Waals surface area contributed by atoms with E-state index >= 15 is 0 Å². The van der Waals surface area contributed by atoms with Gasteiger partial charge in [-0.15, -0.1) is 0 Å². The van der Waals surface area contributed by atoms with E-state index in [1.165, 1.54) is 12.1 Å². The normalized spacial score (nSPS) is 12.1. The van der Waals surface area contributed by atoms with Gasteiger partial charge in [0, 0.05) is 5.41 Å². The quantitative estimate of drug-likeness (QED) is 0.807. The Hall–Kier alpha value is -0.930. The molecule has 0 saturated heterocycles. The maximum Gasteiger partial charge on any atom is 0.123 e. The van der Waals surface area contributed by atoms with Crippen molar-refractivity contribution in [2.24, 2.45) is 5.92 Å². The number of aliphatic hydroxyl groups excluding tert-OH is 2. The molecular formula is C13H19FO2. The number of halogens is 1. The zero-order valence-electron chi connectivity index (χ0n) is 9.78. The molecule has 0 aromatic heterocycles. The topological polar surface area (TPSA) is 40.5 Å². The zero-order chi connectivity index (χ0) is 12.2. The van der Waals surface area contributed by atoms with E-state index in [0.29, 0.717) is 17.9 Å². The van der Waals surface area contributed by atoms with Crippen LogP contribution in [0.2, 0.25) is 0 Å². The summed E-state index contributed by atoms with van der Waals surface area (Å²) in [5.41, 5.74) is -0.0813. The van der Waals surface area contributed by atoms with Gasteiger partial charge in [0.2, 0.25) is 0 Å². The highest BCUT2D eigenvalue weighted by Gasteiger charge is 2.32. The summed E-state index contributed by atoms with van der Waals surface area (Å²) in [5, 5.41) is 19.0. The smallest absolute Gasteiger partial charge is 0.123 e. The molecule has 0 atom stereocenters. The van der Waals surface area contributed by atoms with E-state index in [1.807, 2.05) is 13.8 Å². The van der Waals surface area contributed by atoms with Crippen molar-refractivity contribution in [1.29, 1.82) is 0 Å². The second-order valence-electron chi connectivity index (χ2n) is 4.70. The van der Waals surface area contributed by atoms with Gasteiger partial charge in [0.1, 0.15) is 5.82 Å². The third-order valence-corrected chi connectivity index (χ3v) is 2.84. The van der Waals surface area contributed by atoms with Crippen molar-refractivity contribution in [3.8, 4) is 0 Å². The van der Waals surface area contributed by atoms with Gasteiger partial charge in [-0.05, 0) is 30.0 Å². The van der Waals surface area contributed by atoms with Crippen LogP contribution in [0.1, 0.15) is 25.8 Å². The van der Waals surface area contributed by atoms with Gasteiger partial charge in [-0.25, -0.2) is 4.39 Å². The Morgan fingerprint density at radius 3 is 2.31 bits per heavy atom. The van der Waals surface area contributed by atoms with E-state index < -0.39 is 5.41 Å². The number of hydrogen-bond donors (Lipinski definition) is 2. The average Bonchev–Trinajstić information content (AvgIpc) is 2.25. The molecule has 0 fully saturated rings. The molecule has 0 spiro atoms. The van der Waals surface area contributed by atoms with Crippen molar-refractivity contribution in [3.05, 3.63) is 35.6 Å². The molecule has 1 aromatic carbocycles. The average molecular weight is 226 g/mol. The molecular weight excluding hydrogens is 207 g/mol. The molecule has 2 N–H and O–H groups in total. The van der Waals surface area contributed by atoms with Crippen LogP contribution < -0.4 is 0 Å². The lowest BCUT2D eigenvalue weighted by molar-refractivity contribution is 0.0988. The summed E-state index contributed by atoms with van der Waals surface area (Å²) >= 11 is 0. The predicted octanol–water partition coefficient (Wildman–Crippen LogP) is 2.09. The van der Waals surface area contributed by atoms with Crippen molar-refractivity contribution in [2.75, 3.05) is 13.2 Å². The van der Waals surface area contributed by atoms with Crippen LogP contribution in [-0.2, 0) is 5.41 Å². The minimum absolute atomic E-state index is 0.175. The first-order valence-electron chi connectivity index (χ1n) is 5.52. The fraction of sp³-hybridized carbons (Fsp3) is 0.538. The SMILES string of the molecule is CC(C)CC(CO)(CO)c1cccc(F)c1. The second-order valence-corrected chi connectivity index (χ2v) is 4.70. The van der Waals surface area contributed by atoms with Gasteiger partial charge >= 0.3 is 0 Å². The van der Waals surface area contributed by atoms with Gasteiger partial charge in [-0.1, -0.05) is 26.0 Å². The zero-order valence-corrected chi connectivity index (χ0v) is 9.78. The summed E-state index contributed by atoms with van der Waals surface area (Å²) in [4.78, 5) is 0. The molecule has 0 aliphatic carbocycles. The van der Waals surface area contributed by atoms with Crippen LogP contribution in [0.4, 0.5) is 4.39 Å². The maximum absolute atomic E-state index is 13.1. The maximum atomic E-state index is 13.1. The number of aliphatic hydroxyl groups is 2. The second kappa shape index (κ2) is 5.41. The van der Waals surface area contributed by atoms with Crippen molar-refractivity contribution in [2.45, 2.75) is 25.7 Å². The van der Waals surface area contributed by atoms with Crippen LogP contribution in [0.5, 0.6) is 0 Å². The van der Waals surface area contributed by atoms with E-state index in [4.69, 9.17) is 0 Å². The molecule has 1 rings (SSSR count). The lowest BCUT2D eigenvalue weighted by Crippen LogP contribution is -2.36. The Labute approximate surface area is 95.7 Å². The highest BCUT2D eigenvalue weighted by atomic mass is 19.1. The van der Waals surface area contributed by atoms with Crippen LogP contribution in [-0.4, -0.2) is 23.4 Å². The minimum atomic E-state index is -0.740. The van der Waals surface area contributed by atoms with Crippen molar-refractivity contribution in [1.82, 2.24) is 0 Å². The predicted molar refractivity (Wildman–Crippen MR) is 61.7 cm³/mol. The Morgan fingerprint density at radius 2 is 1.88 bits per heavy atom. The minimum Gasteiger partial charge on any atom is -0.395 e. The fourth-order valence-electron chi connectivity index (χ4n) is 2.08. The van der Waals surface area contributed by atoms with Gasteiger partial charge in [0.05, 0.1) is 13.2 Å². The van der Waals surface area contributed by atoms with Crippen LogP contribution in [0.15, 0.2) is 24.3 Å². The molecule has 16 heavy (non-hydrogen) atoms. The summed E-state index contributed by atoms with van der Waals surface area (Å²) < 4.78 is 13.1. The Morgan fingerprint density at radius 1 is 1.25 bits per heavy atom. The third kappa shape index (κ3) is 2.80. The van der Waals surface area contributed by atoms with Gasteiger partial charge < -0.3 is 10.2 Å². The van der Waals surface area contributed by atoms with Crippen molar-refractivity contribution < 1.29 is 14.6 Å². The molecule has 2 nitrogen and oxygen atoms in total. The van der Waals surface area contributed by atoms with Crippen LogP contribution >= 0.6 is 0 Å². The molecule has 3 heteroatoms. The lowest BCUT2D eigenvalue weighted by Gasteiger charge is -2.32. The summed E-state index contributed by atoms with van der Waals surface area (Å²) in [6, 6.07) is 6.09. The van der Waals surface area contributed by atoms with E-state index in [-0.39, 0.29) is 19.0 Å². The molecule has 0 amide bonds. The summed E-state index contributed by atoms with van der Waals surface area (Å²) in [6.45, 7) is 3.68. The fourth-order valence-corrected chi connectivity index (χ4v) is 2.08. The number of hydrogen-bond acceptors (Lipinski definition) is 2. The van der Waals surface area contributed by atoms with E-state index in [0.717, 1.165) is 0 Å². The molecule has 0 saturated carbocycles. The summed E-state index contributed by atoms with van der Waals surface area (Å²) in [7, 11) is 0. The molecule has 0 aliphatic heterocycles. The molecule has 0 radical (unpaired) electrons. The molecule has 0 unspecified atom stereocenters. The highest BCUT2D eigenvalue weighted by Crippen LogP contribution is 2.31. The van der Waals surface area contributed by atoms with Gasteiger partial charge in [-0.3, -0.25) is 0 Å².